The predicted octanol–water partition coefficient (Wildman–Crippen LogP) is 2.30. The topological polar surface area (TPSA) is 31.4 Å². The first-order valence-corrected chi connectivity index (χ1v) is 9.49. The van der Waals surface area contributed by atoms with Crippen LogP contribution in [0.15, 0.2) is 5.51 Å². The number of rotatable bonds is 6. The van der Waals surface area contributed by atoms with Gasteiger partial charge in [0, 0.05) is 43.6 Å². The van der Waals surface area contributed by atoms with Gasteiger partial charge in [-0.2, -0.15) is 0 Å². The Hall–Kier alpha value is -0.560. The molecule has 3 rings (SSSR count). The molecule has 1 aromatic rings. The first-order chi connectivity index (χ1) is 11.0. The highest BCUT2D eigenvalue weighted by Crippen LogP contribution is 2.28. The highest BCUT2D eigenvalue weighted by molar-refractivity contribution is 7.09. The second kappa shape index (κ2) is 7.13. The summed E-state index contributed by atoms with van der Waals surface area (Å²) in [6.45, 7) is 10.1. The second-order valence-corrected chi connectivity index (χ2v) is 8.65. The smallest absolute Gasteiger partial charge is 0.114 e. The standard InChI is InChI=1S/C17H29FN4S/c1-13-16(23-12-20-13)9-22-7-14(18)6-15(22)8-21(3)11-17(2)4-5-19-10-17/h12,14-15,19H,4-11H2,1-3H3/t14-,15-,17?/m0/s1. The van der Waals surface area contributed by atoms with E-state index in [1.807, 2.05) is 12.4 Å². The second-order valence-electron chi connectivity index (χ2n) is 7.71. The van der Waals surface area contributed by atoms with E-state index in [1.54, 1.807) is 11.3 Å². The average molecular weight is 341 g/mol. The third kappa shape index (κ3) is 4.29. The van der Waals surface area contributed by atoms with E-state index in [9.17, 15) is 4.39 Å². The third-order valence-electron chi connectivity index (χ3n) is 5.30. The van der Waals surface area contributed by atoms with Crippen LogP contribution in [0.1, 0.15) is 30.3 Å². The van der Waals surface area contributed by atoms with Crippen LogP contribution in [-0.4, -0.2) is 66.8 Å². The molecule has 0 amide bonds. The monoisotopic (exact) mass is 340 g/mol. The third-order valence-corrected chi connectivity index (χ3v) is 6.22. The molecule has 0 radical (unpaired) electrons. The summed E-state index contributed by atoms with van der Waals surface area (Å²) in [5, 5.41) is 3.46. The number of hydrogen-bond donors (Lipinski definition) is 1. The van der Waals surface area contributed by atoms with E-state index in [0.717, 1.165) is 38.4 Å². The highest BCUT2D eigenvalue weighted by Gasteiger charge is 2.35. The largest absolute Gasteiger partial charge is 0.316 e. The first kappa shape index (κ1) is 17.3. The van der Waals surface area contributed by atoms with E-state index in [-0.39, 0.29) is 0 Å². The fourth-order valence-electron chi connectivity index (χ4n) is 4.05. The minimum Gasteiger partial charge on any atom is -0.316 e. The van der Waals surface area contributed by atoms with Crippen LogP contribution in [0.3, 0.4) is 0 Å². The van der Waals surface area contributed by atoms with Crippen molar-refractivity contribution in [3.63, 3.8) is 0 Å². The molecule has 3 atom stereocenters. The molecule has 2 aliphatic rings. The van der Waals surface area contributed by atoms with Gasteiger partial charge in [-0.05, 0) is 38.8 Å². The Kier molecular flexibility index (Phi) is 5.35. The number of nitrogens with zero attached hydrogens (tertiary/aromatic N) is 3. The van der Waals surface area contributed by atoms with E-state index >= 15 is 0 Å². The van der Waals surface area contributed by atoms with Crippen LogP contribution in [0.25, 0.3) is 0 Å². The molecule has 2 saturated heterocycles. The lowest BCUT2D eigenvalue weighted by Crippen LogP contribution is -2.42. The van der Waals surface area contributed by atoms with Gasteiger partial charge < -0.3 is 10.2 Å². The molecule has 0 aromatic carbocycles. The van der Waals surface area contributed by atoms with E-state index in [0.29, 0.717) is 24.4 Å². The van der Waals surface area contributed by atoms with Crippen molar-refractivity contribution in [3.05, 3.63) is 16.1 Å². The number of hydrogen-bond acceptors (Lipinski definition) is 5. The average Bonchev–Trinajstić information content (AvgIpc) is 3.14. The molecule has 0 bridgehead atoms. The summed E-state index contributed by atoms with van der Waals surface area (Å²) < 4.78 is 14.0. The summed E-state index contributed by atoms with van der Waals surface area (Å²) in [6.07, 6.45) is 1.21. The lowest BCUT2D eigenvalue weighted by Gasteiger charge is -2.33. The number of halogens is 1. The molecule has 3 heterocycles. The summed E-state index contributed by atoms with van der Waals surface area (Å²) in [7, 11) is 2.19. The number of nitrogens with one attached hydrogen (secondary N) is 1. The molecule has 0 saturated carbocycles. The lowest BCUT2D eigenvalue weighted by atomic mass is 9.89. The zero-order valence-electron chi connectivity index (χ0n) is 14.5. The van der Waals surface area contributed by atoms with E-state index in [4.69, 9.17) is 0 Å². The Labute approximate surface area is 143 Å². The maximum atomic E-state index is 14.0. The number of thiazole rings is 1. The van der Waals surface area contributed by atoms with Crippen LogP contribution in [0.5, 0.6) is 0 Å². The summed E-state index contributed by atoms with van der Waals surface area (Å²) >= 11 is 1.69. The molecule has 1 aromatic heterocycles. The van der Waals surface area contributed by atoms with Crippen molar-refractivity contribution in [2.24, 2.45) is 5.41 Å². The van der Waals surface area contributed by atoms with Crippen LogP contribution in [-0.2, 0) is 6.54 Å². The molecular weight excluding hydrogens is 311 g/mol. The fourth-order valence-corrected chi connectivity index (χ4v) is 4.85. The van der Waals surface area contributed by atoms with Gasteiger partial charge in [0.25, 0.3) is 0 Å². The van der Waals surface area contributed by atoms with Gasteiger partial charge in [-0.25, -0.2) is 9.37 Å². The Morgan fingerprint density at radius 3 is 3.04 bits per heavy atom. The number of likely N-dealkylation sites (tertiary alicyclic amines) is 1. The van der Waals surface area contributed by atoms with Crippen LogP contribution >= 0.6 is 11.3 Å². The SMILES string of the molecule is Cc1ncsc1CN1C[C@@H](F)C[C@H]1CN(C)CC1(C)CCNC1. The van der Waals surface area contributed by atoms with Gasteiger partial charge >= 0.3 is 0 Å². The first-order valence-electron chi connectivity index (χ1n) is 8.61. The van der Waals surface area contributed by atoms with Gasteiger partial charge in [0.1, 0.15) is 6.17 Å². The molecule has 130 valence electrons. The molecule has 2 aliphatic heterocycles. The molecule has 0 aliphatic carbocycles. The Bertz CT molecular complexity index is 514. The van der Waals surface area contributed by atoms with Crippen molar-refractivity contribution in [2.45, 2.75) is 45.4 Å². The maximum Gasteiger partial charge on any atom is 0.114 e. The Morgan fingerprint density at radius 2 is 2.39 bits per heavy atom. The quantitative estimate of drug-likeness (QED) is 0.861. The lowest BCUT2D eigenvalue weighted by molar-refractivity contribution is 0.149. The van der Waals surface area contributed by atoms with E-state index in [1.165, 1.54) is 11.3 Å². The number of likely N-dealkylation sites (N-methyl/N-ethyl adjacent to an activating group) is 1. The Balaban J connectivity index is 1.57. The molecular formula is C17H29FN4S. The predicted molar refractivity (Wildman–Crippen MR) is 93.7 cm³/mol. The van der Waals surface area contributed by atoms with Gasteiger partial charge in [-0.15, -0.1) is 11.3 Å². The van der Waals surface area contributed by atoms with Gasteiger partial charge in [-0.1, -0.05) is 6.92 Å². The van der Waals surface area contributed by atoms with Crippen molar-refractivity contribution in [1.82, 2.24) is 20.1 Å². The zero-order valence-corrected chi connectivity index (χ0v) is 15.3. The van der Waals surface area contributed by atoms with E-state index < -0.39 is 6.17 Å². The number of aryl methyl sites for hydroxylation is 1. The summed E-state index contributed by atoms with van der Waals surface area (Å²) in [5.41, 5.74) is 3.35. The zero-order chi connectivity index (χ0) is 16.4. The van der Waals surface area contributed by atoms with Crippen molar-refractivity contribution in [1.29, 1.82) is 0 Å². The fraction of sp³-hybridized carbons (Fsp3) is 0.824. The van der Waals surface area contributed by atoms with Gasteiger partial charge in [0.05, 0.1) is 11.2 Å². The Morgan fingerprint density at radius 1 is 1.57 bits per heavy atom. The maximum absolute atomic E-state index is 14.0. The summed E-state index contributed by atoms with van der Waals surface area (Å²) in [4.78, 5) is 10.3. The molecule has 6 heteroatoms. The molecule has 2 fully saturated rings. The van der Waals surface area contributed by atoms with Crippen LogP contribution in [0, 0.1) is 12.3 Å². The van der Waals surface area contributed by atoms with E-state index in [2.05, 4.69) is 34.1 Å². The van der Waals surface area contributed by atoms with Crippen molar-refractivity contribution in [3.8, 4) is 0 Å². The highest BCUT2D eigenvalue weighted by atomic mass is 32.1. The molecule has 0 spiro atoms. The van der Waals surface area contributed by atoms with Gasteiger partial charge in [0.2, 0.25) is 0 Å². The van der Waals surface area contributed by atoms with Gasteiger partial charge in [-0.3, -0.25) is 4.90 Å². The minimum atomic E-state index is -0.689. The normalized spacial score (nSPS) is 32.2. The van der Waals surface area contributed by atoms with Crippen LogP contribution < -0.4 is 5.32 Å². The van der Waals surface area contributed by atoms with Crippen molar-refractivity contribution < 1.29 is 4.39 Å². The van der Waals surface area contributed by atoms with Crippen LogP contribution in [0.4, 0.5) is 4.39 Å². The van der Waals surface area contributed by atoms with Gasteiger partial charge in [0.15, 0.2) is 0 Å². The molecule has 1 unspecified atom stereocenters. The molecule has 1 N–H and O–H groups in total. The van der Waals surface area contributed by atoms with Crippen molar-refractivity contribution >= 4 is 11.3 Å². The minimum absolute atomic E-state index is 0.314. The summed E-state index contributed by atoms with van der Waals surface area (Å²) in [6, 6.07) is 0.314. The number of alkyl halides is 1. The van der Waals surface area contributed by atoms with Crippen LogP contribution in [0.2, 0.25) is 0 Å². The number of aromatic nitrogens is 1. The summed E-state index contributed by atoms with van der Waals surface area (Å²) in [5.74, 6) is 0. The van der Waals surface area contributed by atoms with Crippen molar-refractivity contribution in [2.75, 3.05) is 39.8 Å². The molecule has 23 heavy (non-hydrogen) atoms. The molecule has 4 nitrogen and oxygen atoms in total.